The Kier molecular flexibility index (Phi) is 7.69. The van der Waals surface area contributed by atoms with Crippen LogP contribution in [-0.2, 0) is 9.47 Å². The first-order valence-corrected chi connectivity index (χ1v) is 11.4. The number of ether oxygens (including phenoxy) is 2. The van der Waals surface area contributed by atoms with Gasteiger partial charge in [-0.05, 0) is 78.4 Å². The normalized spacial score (nSPS) is 9.78. The number of nitrogen functional groups attached to an aromatic ring is 1. The molecule has 0 aromatic heterocycles. The Hall–Kier alpha value is -5.26. The van der Waals surface area contributed by atoms with Gasteiger partial charge in [-0.15, -0.1) is 0 Å². The van der Waals surface area contributed by atoms with Gasteiger partial charge in [0.2, 0.25) is 0 Å². The van der Waals surface area contributed by atoms with Gasteiger partial charge in [-0.3, -0.25) is 0 Å². The van der Waals surface area contributed by atoms with Gasteiger partial charge in [-0.25, -0.2) is 9.59 Å². The van der Waals surface area contributed by atoms with Crippen LogP contribution in [0.25, 0.3) is 11.1 Å². The van der Waals surface area contributed by atoms with E-state index in [9.17, 15) is 9.59 Å². The summed E-state index contributed by atoms with van der Waals surface area (Å²) in [5.41, 5.74) is 13.0. The van der Waals surface area contributed by atoms with Crippen LogP contribution in [0, 0.1) is 23.7 Å². The fraction of sp³-hybridized carbons (Fsp3) is 0.0625. The second-order valence-electron chi connectivity index (χ2n) is 8.02. The van der Waals surface area contributed by atoms with Crippen LogP contribution in [0.4, 0.5) is 5.69 Å². The molecule has 0 spiro atoms. The zero-order valence-corrected chi connectivity index (χ0v) is 20.4. The van der Waals surface area contributed by atoms with Crippen LogP contribution in [-0.4, -0.2) is 26.2 Å². The maximum absolute atomic E-state index is 11.5. The lowest BCUT2D eigenvalue weighted by atomic mass is 10.0. The third-order valence-electron chi connectivity index (χ3n) is 5.56. The summed E-state index contributed by atoms with van der Waals surface area (Å²) in [4.78, 5) is 23.1. The van der Waals surface area contributed by atoms with Gasteiger partial charge in [-0.1, -0.05) is 41.9 Å². The summed E-state index contributed by atoms with van der Waals surface area (Å²) in [5, 5.41) is 0. The lowest BCUT2D eigenvalue weighted by Gasteiger charge is -2.06. The van der Waals surface area contributed by atoms with Gasteiger partial charge in [0.1, 0.15) is 0 Å². The number of methoxy groups -OCH3 is 2. The molecule has 2 N–H and O–H groups in total. The van der Waals surface area contributed by atoms with E-state index >= 15 is 0 Å². The van der Waals surface area contributed by atoms with Crippen molar-refractivity contribution in [2.45, 2.75) is 0 Å². The molecule has 0 atom stereocenters. The lowest BCUT2D eigenvalue weighted by molar-refractivity contribution is 0.0592. The van der Waals surface area contributed by atoms with Gasteiger partial charge in [-0.2, -0.15) is 0 Å². The van der Waals surface area contributed by atoms with Gasteiger partial charge in [0.15, 0.2) is 0 Å². The fourth-order valence-corrected chi connectivity index (χ4v) is 3.54. The largest absolute Gasteiger partial charge is 0.465 e. The Morgan fingerprint density at radius 2 is 0.946 bits per heavy atom. The molecule has 4 aromatic carbocycles. The molecular weight excluding hydrogens is 462 g/mol. The number of benzene rings is 4. The average molecular weight is 486 g/mol. The van der Waals surface area contributed by atoms with Crippen molar-refractivity contribution in [3.05, 3.63) is 124 Å². The number of esters is 2. The number of carbonyl (C=O) groups excluding carboxylic acids is 2. The number of hydrogen-bond donors (Lipinski definition) is 1. The fourth-order valence-electron chi connectivity index (χ4n) is 3.54. The Labute approximate surface area is 215 Å². The SMILES string of the molecule is COC(=O)c1ccc(C#Cc2ccc(-c3ccc(C#Cc4ccc(C(=O)OC)cc4)cc3N)cc2)cc1. The minimum atomic E-state index is -0.380. The minimum Gasteiger partial charge on any atom is -0.465 e. The van der Waals surface area contributed by atoms with Crippen molar-refractivity contribution in [2.75, 3.05) is 20.0 Å². The van der Waals surface area contributed by atoms with Crippen molar-refractivity contribution < 1.29 is 19.1 Å². The zero-order valence-electron chi connectivity index (χ0n) is 20.4. The summed E-state index contributed by atoms with van der Waals surface area (Å²) in [6, 6.07) is 27.4. The Balaban J connectivity index is 1.45. The van der Waals surface area contributed by atoms with E-state index in [4.69, 9.17) is 15.2 Å². The van der Waals surface area contributed by atoms with E-state index in [1.165, 1.54) is 14.2 Å². The van der Waals surface area contributed by atoms with Gasteiger partial charge < -0.3 is 15.2 Å². The highest BCUT2D eigenvalue weighted by Gasteiger charge is 2.05. The number of nitrogens with two attached hydrogens (primary N) is 1. The number of carbonyl (C=O) groups is 2. The highest BCUT2D eigenvalue weighted by Crippen LogP contribution is 2.27. The van der Waals surface area contributed by atoms with E-state index in [2.05, 4.69) is 23.7 Å². The first kappa shape index (κ1) is 24.9. The van der Waals surface area contributed by atoms with E-state index < -0.39 is 0 Å². The second-order valence-corrected chi connectivity index (χ2v) is 8.02. The predicted octanol–water partition coefficient (Wildman–Crippen LogP) is 5.31. The molecule has 37 heavy (non-hydrogen) atoms. The molecule has 0 fully saturated rings. The summed E-state index contributed by atoms with van der Waals surface area (Å²) < 4.78 is 9.42. The highest BCUT2D eigenvalue weighted by molar-refractivity contribution is 5.90. The summed E-state index contributed by atoms with van der Waals surface area (Å²) in [6.45, 7) is 0. The number of rotatable bonds is 3. The molecule has 0 saturated heterocycles. The van der Waals surface area contributed by atoms with Gasteiger partial charge in [0, 0.05) is 33.5 Å². The number of anilines is 1. The molecule has 0 aliphatic heterocycles. The standard InChI is InChI=1S/C32H23NO4/c1-36-31(34)27-16-9-23(10-17-27)4-3-22-7-14-26(15-8-22)29-20-13-25(21-30(29)33)6-5-24-11-18-28(19-12-24)32(35)37-2/h7-21H,33H2,1-2H3. The van der Waals surface area contributed by atoms with Crippen molar-refractivity contribution >= 4 is 17.6 Å². The summed E-state index contributed by atoms with van der Waals surface area (Å²) in [6.07, 6.45) is 0. The van der Waals surface area contributed by atoms with Crippen molar-refractivity contribution in [2.24, 2.45) is 0 Å². The molecule has 4 rings (SSSR count). The van der Waals surface area contributed by atoms with Crippen LogP contribution < -0.4 is 5.73 Å². The first-order chi connectivity index (χ1) is 18.0. The second kappa shape index (κ2) is 11.4. The predicted molar refractivity (Wildman–Crippen MR) is 144 cm³/mol. The lowest BCUT2D eigenvalue weighted by Crippen LogP contribution is -2.00. The van der Waals surface area contributed by atoms with E-state index in [0.29, 0.717) is 16.8 Å². The summed E-state index contributed by atoms with van der Waals surface area (Å²) in [7, 11) is 2.70. The van der Waals surface area contributed by atoms with Crippen LogP contribution in [0.15, 0.2) is 91.0 Å². The monoisotopic (exact) mass is 485 g/mol. The maximum Gasteiger partial charge on any atom is 0.337 e. The first-order valence-electron chi connectivity index (χ1n) is 11.4. The Morgan fingerprint density at radius 3 is 1.35 bits per heavy atom. The minimum absolute atomic E-state index is 0.374. The van der Waals surface area contributed by atoms with Gasteiger partial charge >= 0.3 is 11.9 Å². The summed E-state index contributed by atoms with van der Waals surface area (Å²) >= 11 is 0. The molecule has 0 unspecified atom stereocenters. The van der Waals surface area contributed by atoms with Crippen LogP contribution in [0.2, 0.25) is 0 Å². The zero-order chi connectivity index (χ0) is 26.2. The molecule has 0 heterocycles. The third kappa shape index (κ3) is 6.25. The van der Waals surface area contributed by atoms with E-state index in [0.717, 1.165) is 33.4 Å². The highest BCUT2D eigenvalue weighted by atomic mass is 16.5. The third-order valence-corrected chi connectivity index (χ3v) is 5.56. The van der Waals surface area contributed by atoms with Crippen molar-refractivity contribution in [3.63, 3.8) is 0 Å². The molecule has 5 heteroatoms. The van der Waals surface area contributed by atoms with Crippen LogP contribution in [0.3, 0.4) is 0 Å². The Bertz CT molecular complexity index is 1560. The molecule has 0 bridgehead atoms. The van der Waals surface area contributed by atoms with E-state index in [1.807, 2.05) is 42.5 Å². The van der Waals surface area contributed by atoms with Gasteiger partial charge in [0.25, 0.3) is 0 Å². The molecule has 0 saturated carbocycles. The molecular formula is C32H23NO4. The van der Waals surface area contributed by atoms with Crippen LogP contribution in [0.1, 0.15) is 43.0 Å². The van der Waals surface area contributed by atoms with Crippen LogP contribution in [0.5, 0.6) is 0 Å². The molecule has 5 nitrogen and oxygen atoms in total. The summed E-state index contributed by atoms with van der Waals surface area (Å²) in [5.74, 6) is 11.7. The van der Waals surface area contributed by atoms with Crippen molar-refractivity contribution in [3.8, 4) is 34.8 Å². The Morgan fingerprint density at radius 1 is 0.568 bits per heavy atom. The number of hydrogen-bond acceptors (Lipinski definition) is 5. The molecule has 4 aromatic rings. The van der Waals surface area contributed by atoms with Gasteiger partial charge in [0.05, 0.1) is 25.3 Å². The van der Waals surface area contributed by atoms with Crippen molar-refractivity contribution in [1.29, 1.82) is 0 Å². The average Bonchev–Trinajstić information content (AvgIpc) is 2.95. The molecule has 180 valence electrons. The van der Waals surface area contributed by atoms with Crippen LogP contribution >= 0.6 is 0 Å². The topological polar surface area (TPSA) is 78.6 Å². The van der Waals surface area contributed by atoms with E-state index in [-0.39, 0.29) is 11.9 Å². The van der Waals surface area contributed by atoms with Crippen molar-refractivity contribution in [1.82, 2.24) is 0 Å². The molecule has 0 amide bonds. The maximum atomic E-state index is 11.5. The molecule has 0 aliphatic carbocycles. The molecule has 0 radical (unpaired) electrons. The smallest absolute Gasteiger partial charge is 0.337 e. The molecule has 0 aliphatic rings. The quantitative estimate of drug-likeness (QED) is 0.242. The van der Waals surface area contributed by atoms with E-state index in [1.54, 1.807) is 48.5 Å².